The number of carbonyl (C=O) groups excluding carboxylic acids is 2. The molecule has 2 amide bonds. The van der Waals surface area contributed by atoms with Crippen molar-refractivity contribution >= 4 is 11.8 Å². The van der Waals surface area contributed by atoms with Crippen LogP contribution in [0, 0.1) is 5.41 Å². The smallest absolute Gasteiger partial charge is 0.241 e. The predicted molar refractivity (Wildman–Crippen MR) is 70.4 cm³/mol. The molecule has 0 aliphatic carbocycles. The van der Waals surface area contributed by atoms with Gasteiger partial charge in [0.25, 0.3) is 0 Å². The van der Waals surface area contributed by atoms with Gasteiger partial charge in [-0.05, 0) is 12.8 Å². The maximum atomic E-state index is 12.8. The molecule has 5 nitrogen and oxygen atoms in total. The van der Waals surface area contributed by atoms with E-state index in [-0.39, 0.29) is 24.1 Å². The Hall–Kier alpha value is -1.88. The molecule has 3 aliphatic heterocycles. The summed E-state index contributed by atoms with van der Waals surface area (Å²) < 4.78 is 5.79. The number of rotatable bonds is 1. The van der Waals surface area contributed by atoms with Gasteiger partial charge >= 0.3 is 0 Å². The first-order chi connectivity index (χ1) is 9.72. The van der Waals surface area contributed by atoms with E-state index >= 15 is 0 Å². The molecule has 1 aromatic rings. The molecular formula is C15H16N2O3. The molecular weight excluding hydrogens is 256 g/mol. The van der Waals surface area contributed by atoms with Crippen LogP contribution in [0.3, 0.4) is 0 Å². The number of hydrogen-bond donors (Lipinski definition) is 1. The molecule has 104 valence electrons. The van der Waals surface area contributed by atoms with Crippen LogP contribution in [0.2, 0.25) is 0 Å². The van der Waals surface area contributed by atoms with Crippen molar-refractivity contribution in [2.24, 2.45) is 5.41 Å². The van der Waals surface area contributed by atoms with E-state index in [1.165, 1.54) is 0 Å². The average molecular weight is 272 g/mol. The van der Waals surface area contributed by atoms with Gasteiger partial charge in [-0.3, -0.25) is 9.59 Å². The molecule has 3 aliphatic rings. The Morgan fingerprint density at radius 2 is 2.05 bits per heavy atom. The molecule has 0 aromatic heterocycles. The maximum Gasteiger partial charge on any atom is 0.241 e. The molecule has 3 heterocycles. The summed E-state index contributed by atoms with van der Waals surface area (Å²) in [6.45, 7) is 1.11. The second kappa shape index (κ2) is 4.06. The van der Waals surface area contributed by atoms with Crippen LogP contribution in [0.1, 0.15) is 24.6 Å². The molecule has 3 saturated heterocycles. The molecule has 0 saturated carbocycles. The highest BCUT2D eigenvalue weighted by Crippen LogP contribution is 2.48. The Kier molecular flexibility index (Phi) is 2.41. The molecule has 20 heavy (non-hydrogen) atoms. The predicted octanol–water partition coefficient (Wildman–Crippen LogP) is 0.823. The molecule has 1 aromatic carbocycles. The number of nitrogens with zero attached hydrogens (tertiary/aromatic N) is 1. The van der Waals surface area contributed by atoms with Gasteiger partial charge in [0, 0.05) is 12.1 Å². The lowest BCUT2D eigenvalue weighted by atomic mass is 9.83. The van der Waals surface area contributed by atoms with Crippen molar-refractivity contribution in [1.29, 1.82) is 0 Å². The van der Waals surface area contributed by atoms with Crippen molar-refractivity contribution in [1.82, 2.24) is 10.2 Å². The highest BCUT2D eigenvalue weighted by atomic mass is 16.5. The van der Waals surface area contributed by atoms with E-state index in [1.54, 1.807) is 4.90 Å². The minimum absolute atomic E-state index is 0.0246. The van der Waals surface area contributed by atoms with Crippen LogP contribution in [-0.2, 0) is 14.3 Å². The van der Waals surface area contributed by atoms with E-state index in [0.717, 1.165) is 5.56 Å². The third-order valence-corrected chi connectivity index (χ3v) is 4.68. The van der Waals surface area contributed by atoms with Crippen molar-refractivity contribution in [2.75, 3.05) is 13.2 Å². The Bertz CT molecular complexity index is 574. The SMILES string of the molecule is O=C1NCC[C@@]12C[C@H]1CO[C@H](c3ccccc3)N1C2=O. The Morgan fingerprint density at radius 1 is 1.25 bits per heavy atom. The fourth-order valence-corrected chi connectivity index (χ4v) is 3.67. The Balaban J connectivity index is 1.69. The number of ether oxygens (including phenoxy) is 1. The summed E-state index contributed by atoms with van der Waals surface area (Å²) in [4.78, 5) is 26.7. The fraction of sp³-hybridized carbons (Fsp3) is 0.467. The van der Waals surface area contributed by atoms with Crippen molar-refractivity contribution in [3.8, 4) is 0 Å². The van der Waals surface area contributed by atoms with Crippen molar-refractivity contribution in [3.63, 3.8) is 0 Å². The molecule has 1 spiro atoms. The van der Waals surface area contributed by atoms with E-state index in [2.05, 4.69) is 5.32 Å². The second-order valence-corrected chi connectivity index (χ2v) is 5.75. The minimum Gasteiger partial charge on any atom is -0.355 e. The first-order valence-electron chi connectivity index (χ1n) is 7.00. The molecule has 5 heteroatoms. The van der Waals surface area contributed by atoms with Crippen molar-refractivity contribution in [3.05, 3.63) is 35.9 Å². The number of amides is 2. The van der Waals surface area contributed by atoms with Crippen LogP contribution in [0.5, 0.6) is 0 Å². The van der Waals surface area contributed by atoms with Crippen LogP contribution in [0.15, 0.2) is 30.3 Å². The molecule has 0 bridgehead atoms. The van der Waals surface area contributed by atoms with Crippen LogP contribution in [-0.4, -0.2) is 35.9 Å². The van der Waals surface area contributed by atoms with Crippen LogP contribution in [0.4, 0.5) is 0 Å². The summed E-state index contributed by atoms with van der Waals surface area (Å²) in [5.41, 5.74) is 0.139. The summed E-state index contributed by atoms with van der Waals surface area (Å²) in [5, 5.41) is 2.80. The summed E-state index contributed by atoms with van der Waals surface area (Å²) in [5.74, 6) is -0.174. The van der Waals surface area contributed by atoms with E-state index in [9.17, 15) is 9.59 Å². The zero-order valence-electron chi connectivity index (χ0n) is 11.0. The highest BCUT2D eigenvalue weighted by molar-refractivity contribution is 6.08. The molecule has 0 unspecified atom stereocenters. The normalized spacial score (nSPS) is 35.7. The number of benzene rings is 1. The van der Waals surface area contributed by atoms with Crippen LogP contribution >= 0.6 is 0 Å². The number of carbonyl (C=O) groups is 2. The molecule has 4 rings (SSSR count). The van der Waals surface area contributed by atoms with E-state index in [0.29, 0.717) is 26.0 Å². The van der Waals surface area contributed by atoms with Gasteiger partial charge in [0.05, 0.1) is 12.6 Å². The van der Waals surface area contributed by atoms with Gasteiger partial charge in [0.1, 0.15) is 5.41 Å². The first kappa shape index (κ1) is 11.9. The Morgan fingerprint density at radius 3 is 2.75 bits per heavy atom. The fourth-order valence-electron chi connectivity index (χ4n) is 3.67. The zero-order chi connectivity index (χ0) is 13.7. The number of nitrogens with one attached hydrogen (secondary N) is 1. The van der Waals surface area contributed by atoms with E-state index in [4.69, 9.17) is 4.74 Å². The Labute approximate surface area is 116 Å². The third kappa shape index (κ3) is 1.41. The van der Waals surface area contributed by atoms with Crippen LogP contribution in [0.25, 0.3) is 0 Å². The summed E-state index contributed by atoms with van der Waals surface area (Å²) in [6, 6.07) is 9.75. The minimum atomic E-state index is -0.832. The van der Waals surface area contributed by atoms with Gasteiger partial charge in [-0.1, -0.05) is 30.3 Å². The quantitative estimate of drug-likeness (QED) is 0.770. The standard InChI is InChI=1S/C15H16N2O3/c18-13-15(6-7-16-13)8-11-9-20-12(17(11)14(15)19)10-4-2-1-3-5-10/h1-5,11-12H,6-9H2,(H,16,18)/t11-,12+,15+/m0/s1. The van der Waals surface area contributed by atoms with Crippen molar-refractivity contribution < 1.29 is 14.3 Å². The number of fused-ring (bicyclic) bond motifs is 1. The molecule has 0 radical (unpaired) electrons. The molecule has 1 N–H and O–H groups in total. The van der Waals surface area contributed by atoms with Gasteiger partial charge < -0.3 is 15.0 Å². The molecule has 3 fully saturated rings. The maximum absolute atomic E-state index is 12.8. The molecule has 3 atom stereocenters. The summed E-state index contributed by atoms with van der Waals surface area (Å²) in [7, 11) is 0. The van der Waals surface area contributed by atoms with Crippen molar-refractivity contribution in [2.45, 2.75) is 25.1 Å². The lowest BCUT2D eigenvalue weighted by molar-refractivity contribution is -0.147. The lowest BCUT2D eigenvalue weighted by Gasteiger charge is -2.25. The van der Waals surface area contributed by atoms with Crippen LogP contribution < -0.4 is 5.32 Å². The lowest BCUT2D eigenvalue weighted by Crippen LogP contribution is -2.41. The second-order valence-electron chi connectivity index (χ2n) is 5.75. The van der Waals surface area contributed by atoms with Gasteiger partial charge in [0.2, 0.25) is 11.8 Å². The van der Waals surface area contributed by atoms with Gasteiger partial charge in [-0.2, -0.15) is 0 Å². The topological polar surface area (TPSA) is 58.6 Å². The van der Waals surface area contributed by atoms with Gasteiger partial charge in [0.15, 0.2) is 6.23 Å². The summed E-state index contributed by atoms with van der Waals surface area (Å²) >= 11 is 0. The monoisotopic (exact) mass is 272 g/mol. The largest absolute Gasteiger partial charge is 0.355 e. The van der Waals surface area contributed by atoms with Gasteiger partial charge in [-0.25, -0.2) is 0 Å². The summed E-state index contributed by atoms with van der Waals surface area (Å²) in [6.07, 6.45) is 0.849. The zero-order valence-corrected chi connectivity index (χ0v) is 11.0. The first-order valence-corrected chi connectivity index (χ1v) is 7.00. The van der Waals surface area contributed by atoms with E-state index in [1.807, 2.05) is 30.3 Å². The van der Waals surface area contributed by atoms with E-state index < -0.39 is 5.41 Å². The average Bonchev–Trinajstić information content (AvgIpc) is 3.11. The number of hydrogen-bond acceptors (Lipinski definition) is 3. The highest BCUT2D eigenvalue weighted by Gasteiger charge is 2.61. The van der Waals surface area contributed by atoms with Gasteiger partial charge in [-0.15, -0.1) is 0 Å². The third-order valence-electron chi connectivity index (χ3n) is 4.68.